The molecule has 0 spiro atoms. The minimum atomic E-state index is -3.77. The fraction of sp³-hybridized carbons (Fsp3) is 0.556. The van der Waals surface area contributed by atoms with Crippen molar-refractivity contribution < 1.29 is 22.7 Å². The molecular formula is C18H23ClN2O5S. The molecule has 3 rings (SSSR count). The number of sulfone groups is 1. The number of anilines is 1. The van der Waals surface area contributed by atoms with Crippen molar-refractivity contribution >= 4 is 38.9 Å². The van der Waals surface area contributed by atoms with Gasteiger partial charge in [-0.05, 0) is 24.8 Å². The molecule has 1 fully saturated rings. The molecule has 0 bridgehead atoms. The maximum absolute atomic E-state index is 12.7. The van der Waals surface area contributed by atoms with Crippen LogP contribution < -0.4 is 15.4 Å². The predicted molar refractivity (Wildman–Crippen MR) is 102 cm³/mol. The van der Waals surface area contributed by atoms with Crippen molar-refractivity contribution in [3.63, 3.8) is 0 Å². The van der Waals surface area contributed by atoms with E-state index in [1.165, 1.54) is 18.6 Å². The Balaban J connectivity index is 1.66. The van der Waals surface area contributed by atoms with E-state index in [4.69, 9.17) is 16.3 Å². The van der Waals surface area contributed by atoms with E-state index in [0.29, 0.717) is 11.6 Å². The first kappa shape index (κ1) is 19.9. The van der Waals surface area contributed by atoms with Crippen LogP contribution in [0.5, 0.6) is 5.75 Å². The van der Waals surface area contributed by atoms with Crippen molar-refractivity contribution in [3.8, 4) is 5.75 Å². The van der Waals surface area contributed by atoms with E-state index < -0.39 is 9.84 Å². The minimum absolute atomic E-state index is 0.0131. The SMILES string of the molecule is C[C@H]1CCCC[C@@H]1NC(=O)CCS(=O)(=O)c1cc2c(cc1Cl)NC(=O)CO2. The third-order valence-corrected chi connectivity index (χ3v) is 7.23. The average Bonchev–Trinajstić information content (AvgIpc) is 2.61. The lowest BCUT2D eigenvalue weighted by atomic mass is 9.86. The third kappa shape index (κ3) is 4.73. The summed E-state index contributed by atoms with van der Waals surface area (Å²) in [4.78, 5) is 23.4. The van der Waals surface area contributed by atoms with Gasteiger partial charge in [0.25, 0.3) is 5.91 Å². The van der Waals surface area contributed by atoms with Crippen LogP contribution in [0.2, 0.25) is 5.02 Å². The standard InChI is InChI=1S/C18H23ClN2O5S/c1-11-4-2-3-5-13(11)20-17(22)6-7-27(24,25)16-9-15-14(8-12(16)19)21-18(23)10-26-15/h8-9,11,13H,2-7,10H2,1H3,(H,20,22)(H,21,23)/t11-,13-/m0/s1. The smallest absolute Gasteiger partial charge is 0.262 e. The van der Waals surface area contributed by atoms with E-state index in [0.717, 1.165) is 19.3 Å². The van der Waals surface area contributed by atoms with Crippen molar-refractivity contribution in [1.29, 1.82) is 0 Å². The van der Waals surface area contributed by atoms with Gasteiger partial charge in [0, 0.05) is 18.5 Å². The first-order valence-electron chi connectivity index (χ1n) is 9.04. The number of benzene rings is 1. The molecule has 1 aromatic carbocycles. The van der Waals surface area contributed by atoms with Crippen LogP contribution in [0.15, 0.2) is 17.0 Å². The Bertz CT molecular complexity index is 856. The van der Waals surface area contributed by atoms with Crippen molar-refractivity contribution in [3.05, 3.63) is 17.2 Å². The highest BCUT2D eigenvalue weighted by atomic mass is 35.5. The topological polar surface area (TPSA) is 102 Å². The summed E-state index contributed by atoms with van der Waals surface area (Å²) < 4.78 is 30.6. The molecule has 0 radical (unpaired) electrons. The summed E-state index contributed by atoms with van der Waals surface area (Å²) in [5, 5.41) is 5.51. The zero-order valence-electron chi connectivity index (χ0n) is 15.1. The summed E-state index contributed by atoms with van der Waals surface area (Å²) in [6, 6.07) is 2.76. The number of ether oxygens (including phenoxy) is 1. The Labute approximate surface area is 163 Å². The summed E-state index contributed by atoms with van der Waals surface area (Å²) >= 11 is 6.10. The Morgan fingerprint density at radius 1 is 1.33 bits per heavy atom. The summed E-state index contributed by atoms with van der Waals surface area (Å²) in [7, 11) is -3.77. The molecular weight excluding hydrogens is 392 g/mol. The normalized spacial score (nSPS) is 22.4. The molecule has 1 heterocycles. The van der Waals surface area contributed by atoms with Gasteiger partial charge in [0.15, 0.2) is 16.4 Å². The number of carbonyl (C=O) groups is 2. The van der Waals surface area contributed by atoms with Gasteiger partial charge in [-0.1, -0.05) is 31.4 Å². The van der Waals surface area contributed by atoms with E-state index in [2.05, 4.69) is 17.6 Å². The maximum Gasteiger partial charge on any atom is 0.262 e. The molecule has 2 aliphatic rings. The van der Waals surface area contributed by atoms with Gasteiger partial charge < -0.3 is 15.4 Å². The third-order valence-electron chi connectivity index (χ3n) is 5.06. The summed E-state index contributed by atoms with van der Waals surface area (Å²) in [5.74, 6) is -0.289. The molecule has 1 aliphatic carbocycles. The summed E-state index contributed by atoms with van der Waals surface area (Å²) in [6.07, 6.45) is 4.12. The fourth-order valence-corrected chi connectivity index (χ4v) is 5.30. The second-order valence-electron chi connectivity index (χ2n) is 7.12. The van der Waals surface area contributed by atoms with E-state index in [1.54, 1.807) is 0 Å². The van der Waals surface area contributed by atoms with Gasteiger partial charge in [-0.2, -0.15) is 0 Å². The highest BCUT2D eigenvalue weighted by Crippen LogP contribution is 2.36. The zero-order valence-corrected chi connectivity index (χ0v) is 16.7. The average molecular weight is 415 g/mol. The Morgan fingerprint density at radius 3 is 2.81 bits per heavy atom. The van der Waals surface area contributed by atoms with Crippen LogP contribution >= 0.6 is 11.6 Å². The van der Waals surface area contributed by atoms with Crippen LogP contribution in [-0.4, -0.2) is 38.6 Å². The van der Waals surface area contributed by atoms with Crippen LogP contribution in [0.3, 0.4) is 0 Å². The molecule has 1 saturated carbocycles. The largest absolute Gasteiger partial charge is 0.482 e. The number of hydrogen-bond donors (Lipinski definition) is 2. The van der Waals surface area contributed by atoms with Crippen molar-refractivity contribution in [2.45, 2.75) is 50.0 Å². The molecule has 1 aliphatic heterocycles. The van der Waals surface area contributed by atoms with E-state index >= 15 is 0 Å². The lowest BCUT2D eigenvalue weighted by Gasteiger charge is -2.29. The lowest BCUT2D eigenvalue weighted by Crippen LogP contribution is -2.41. The van der Waals surface area contributed by atoms with E-state index in [-0.39, 0.29) is 52.3 Å². The molecule has 9 heteroatoms. The molecule has 2 amide bonds. The zero-order chi connectivity index (χ0) is 19.6. The number of carbonyl (C=O) groups excluding carboxylic acids is 2. The highest BCUT2D eigenvalue weighted by Gasteiger charge is 2.27. The van der Waals surface area contributed by atoms with Gasteiger partial charge in [-0.15, -0.1) is 0 Å². The number of nitrogens with one attached hydrogen (secondary N) is 2. The van der Waals surface area contributed by atoms with E-state index in [1.807, 2.05) is 0 Å². The molecule has 148 valence electrons. The summed E-state index contributed by atoms with van der Waals surface area (Å²) in [5.41, 5.74) is 0.333. The van der Waals surface area contributed by atoms with Crippen LogP contribution in [0.25, 0.3) is 0 Å². The maximum atomic E-state index is 12.7. The molecule has 0 unspecified atom stereocenters. The van der Waals surface area contributed by atoms with E-state index in [9.17, 15) is 18.0 Å². The Hall–Kier alpha value is -1.80. The monoisotopic (exact) mass is 414 g/mol. The van der Waals surface area contributed by atoms with Gasteiger partial charge >= 0.3 is 0 Å². The second kappa shape index (κ2) is 8.06. The van der Waals surface area contributed by atoms with Crippen molar-refractivity contribution in [2.24, 2.45) is 5.92 Å². The number of amides is 2. The molecule has 0 aromatic heterocycles. The van der Waals surface area contributed by atoms with Gasteiger partial charge in [0.05, 0.1) is 21.4 Å². The predicted octanol–water partition coefficient (Wildman–Crippen LogP) is 2.53. The van der Waals surface area contributed by atoms with Gasteiger partial charge in [-0.25, -0.2) is 8.42 Å². The Kier molecular flexibility index (Phi) is 5.95. The molecule has 2 atom stereocenters. The first-order chi connectivity index (χ1) is 12.8. The highest BCUT2D eigenvalue weighted by molar-refractivity contribution is 7.91. The van der Waals surface area contributed by atoms with Gasteiger partial charge in [0.2, 0.25) is 5.91 Å². The minimum Gasteiger partial charge on any atom is -0.482 e. The molecule has 27 heavy (non-hydrogen) atoms. The fourth-order valence-electron chi connectivity index (χ4n) is 3.47. The van der Waals surface area contributed by atoms with Crippen LogP contribution in [-0.2, 0) is 19.4 Å². The van der Waals surface area contributed by atoms with Crippen molar-refractivity contribution in [1.82, 2.24) is 5.32 Å². The molecule has 7 nitrogen and oxygen atoms in total. The number of rotatable bonds is 5. The second-order valence-corrected chi connectivity index (χ2v) is 9.61. The van der Waals surface area contributed by atoms with Crippen LogP contribution in [0, 0.1) is 5.92 Å². The van der Waals surface area contributed by atoms with Gasteiger partial charge in [-0.3, -0.25) is 9.59 Å². The first-order valence-corrected chi connectivity index (χ1v) is 11.1. The lowest BCUT2D eigenvalue weighted by molar-refractivity contribution is -0.122. The van der Waals surface area contributed by atoms with Crippen LogP contribution in [0.1, 0.15) is 39.0 Å². The van der Waals surface area contributed by atoms with Gasteiger partial charge in [0.1, 0.15) is 5.75 Å². The number of halogens is 1. The molecule has 1 aromatic rings. The quantitative estimate of drug-likeness (QED) is 0.770. The number of hydrogen-bond acceptors (Lipinski definition) is 5. The summed E-state index contributed by atoms with van der Waals surface area (Å²) in [6.45, 7) is 1.92. The Morgan fingerprint density at radius 2 is 2.07 bits per heavy atom. The number of fused-ring (bicyclic) bond motifs is 1. The van der Waals surface area contributed by atoms with Crippen molar-refractivity contribution in [2.75, 3.05) is 17.7 Å². The molecule has 2 N–H and O–H groups in total. The van der Waals surface area contributed by atoms with Crippen LogP contribution in [0.4, 0.5) is 5.69 Å². The molecule has 0 saturated heterocycles.